The van der Waals surface area contributed by atoms with Gasteiger partial charge < -0.3 is 4.74 Å². The van der Waals surface area contributed by atoms with Gasteiger partial charge in [0.25, 0.3) is 5.56 Å². The monoisotopic (exact) mass is 462 g/mol. The molecule has 32 heavy (non-hydrogen) atoms. The molecule has 0 spiro atoms. The van der Waals surface area contributed by atoms with Gasteiger partial charge >= 0.3 is 0 Å². The predicted molar refractivity (Wildman–Crippen MR) is 128 cm³/mol. The van der Waals surface area contributed by atoms with Gasteiger partial charge in [0, 0.05) is 16.3 Å². The summed E-state index contributed by atoms with van der Waals surface area (Å²) in [5.74, 6) is 1.85. The molecule has 0 aliphatic rings. The Labute approximate surface area is 193 Å². The minimum atomic E-state index is -0.117. The summed E-state index contributed by atoms with van der Waals surface area (Å²) in [5, 5.41) is 10.8. The SMILES string of the molecule is COc1ccccc1Cn1c(=O)c2ccccc2n2c(SCc3ccccc3Cl)nnc12. The quantitative estimate of drug-likeness (QED) is 0.330. The highest BCUT2D eigenvalue weighted by Gasteiger charge is 2.18. The second-order valence-corrected chi connectivity index (χ2v) is 8.57. The Hall–Kier alpha value is -3.29. The largest absolute Gasteiger partial charge is 0.496 e. The van der Waals surface area contributed by atoms with Gasteiger partial charge in [0.15, 0.2) is 5.16 Å². The van der Waals surface area contributed by atoms with Gasteiger partial charge in [-0.05, 0) is 29.8 Å². The minimum absolute atomic E-state index is 0.117. The van der Waals surface area contributed by atoms with E-state index in [1.165, 1.54) is 11.8 Å². The van der Waals surface area contributed by atoms with Gasteiger partial charge in [-0.15, -0.1) is 10.2 Å². The van der Waals surface area contributed by atoms with E-state index in [-0.39, 0.29) is 5.56 Å². The maximum Gasteiger partial charge on any atom is 0.263 e. The fourth-order valence-corrected chi connectivity index (χ4v) is 4.96. The van der Waals surface area contributed by atoms with E-state index in [9.17, 15) is 4.79 Å². The van der Waals surface area contributed by atoms with Crippen LogP contribution < -0.4 is 10.3 Å². The van der Waals surface area contributed by atoms with Crippen molar-refractivity contribution < 1.29 is 4.74 Å². The molecule has 0 saturated carbocycles. The topological polar surface area (TPSA) is 61.4 Å². The van der Waals surface area contributed by atoms with Gasteiger partial charge in [-0.2, -0.15) is 0 Å². The first kappa shape index (κ1) is 20.6. The van der Waals surface area contributed by atoms with Gasteiger partial charge in [0.1, 0.15) is 5.75 Å². The number of thioether (sulfide) groups is 1. The predicted octanol–water partition coefficient (Wildman–Crippen LogP) is 5.05. The second kappa shape index (κ2) is 8.68. The van der Waals surface area contributed by atoms with E-state index < -0.39 is 0 Å². The van der Waals surface area contributed by atoms with Crippen LogP contribution in [0.5, 0.6) is 5.75 Å². The molecule has 0 atom stereocenters. The van der Waals surface area contributed by atoms with Crippen LogP contribution in [0.25, 0.3) is 16.7 Å². The van der Waals surface area contributed by atoms with Crippen molar-refractivity contribution in [1.82, 2.24) is 19.2 Å². The zero-order valence-electron chi connectivity index (χ0n) is 17.2. The number of aromatic nitrogens is 4. The average Bonchev–Trinajstić information content (AvgIpc) is 3.25. The van der Waals surface area contributed by atoms with Crippen molar-refractivity contribution in [3.05, 3.63) is 99.3 Å². The molecule has 0 aliphatic heterocycles. The molecule has 0 saturated heterocycles. The molecule has 160 valence electrons. The van der Waals surface area contributed by atoms with Crippen LogP contribution in [0.15, 0.2) is 82.7 Å². The number of ether oxygens (including phenoxy) is 1. The first-order valence-electron chi connectivity index (χ1n) is 10.0. The Morgan fingerprint density at radius 2 is 1.66 bits per heavy atom. The van der Waals surface area contributed by atoms with Crippen LogP contribution in [0.1, 0.15) is 11.1 Å². The van der Waals surface area contributed by atoms with E-state index in [1.54, 1.807) is 11.7 Å². The second-order valence-electron chi connectivity index (χ2n) is 7.22. The van der Waals surface area contributed by atoms with Crippen LogP contribution in [0.4, 0.5) is 0 Å². The molecule has 2 heterocycles. The molecule has 5 rings (SSSR count). The third kappa shape index (κ3) is 3.63. The first-order valence-corrected chi connectivity index (χ1v) is 11.4. The summed E-state index contributed by atoms with van der Waals surface area (Å²) in [5.41, 5.74) is 2.56. The van der Waals surface area contributed by atoms with Crippen molar-refractivity contribution in [3.8, 4) is 5.75 Å². The van der Waals surface area contributed by atoms with Gasteiger partial charge in [0.2, 0.25) is 5.78 Å². The van der Waals surface area contributed by atoms with Gasteiger partial charge in [-0.3, -0.25) is 13.8 Å². The summed E-state index contributed by atoms with van der Waals surface area (Å²) in [4.78, 5) is 13.4. The maximum absolute atomic E-state index is 13.4. The number of halogens is 1. The molecule has 0 amide bonds. The zero-order chi connectivity index (χ0) is 22.1. The van der Waals surface area contributed by atoms with E-state index in [1.807, 2.05) is 77.2 Å². The normalized spacial score (nSPS) is 11.3. The number of hydrogen-bond acceptors (Lipinski definition) is 5. The van der Waals surface area contributed by atoms with Crippen molar-refractivity contribution in [2.75, 3.05) is 7.11 Å². The molecule has 0 fully saturated rings. The van der Waals surface area contributed by atoms with E-state index in [4.69, 9.17) is 16.3 Å². The summed E-state index contributed by atoms with van der Waals surface area (Å²) in [7, 11) is 1.62. The number of methoxy groups -OCH3 is 1. The molecule has 0 bridgehead atoms. The van der Waals surface area contributed by atoms with E-state index in [0.29, 0.717) is 33.6 Å². The van der Waals surface area contributed by atoms with Crippen LogP contribution in [-0.2, 0) is 12.3 Å². The molecule has 0 N–H and O–H groups in total. The van der Waals surface area contributed by atoms with E-state index in [2.05, 4.69) is 10.2 Å². The van der Waals surface area contributed by atoms with Crippen molar-refractivity contribution in [2.24, 2.45) is 0 Å². The first-order chi connectivity index (χ1) is 15.7. The summed E-state index contributed by atoms with van der Waals surface area (Å²) >= 11 is 7.86. The Balaban J connectivity index is 1.65. The highest BCUT2D eigenvalue weighted by molar-refractivity contribution is 7.98. The minimum Gasteiger partial charge on any atom is -0.496 e. The van der Waals surface area contributed by atoms with Gasteiger partial charge in [-0.25, -0.2) is 0 Å². The molecule has 0 radical (unpaired) electrons. The lowest BCUT2D eigenvalue weighted by Gasteiger charge is -2.13. The number of nitrogens with zero attached hydrogens (tertiary/aromatic N) is 4. The standard InChI is InChI=1S/C24H19ClN4O2S/c1-31-21-13-7-3-8-16(21)14-28-22(30)18-10-4-6-12-20(18)29-23(28)26-27-24(29)32-15-17-9-2-5-11-19(17)25/h2-13H,14-15H2,1H3. The van der Waals surface area contributed by atoms with Crippen molar-refractivity contribution >= 4 is 40.0 Å². The lowest BCUT2D eigenvalue weighted by Crippen LogP contribution is -2.24. The molecule has 6 nitrogen and oxygen atoms in total. The van der Waals surface area contributed by atoms with Crippen LogP contribution in [0.3, 0.4) is 0 Å². The molecular weight excluding hydrogens is 444 g/mol. The molecule has 8 heteroatoms. The molecule has 2 aromatic heterocycles. The third-order valence-electron chi connectivity index (χ3n) is 5.31. The number of hydrogen-bond donors (Lipinski definition) is 0. The Morgan fingerprint density at radius 3 is 2.47 bits per heavy atom. The summed E-state index contributed by atoms with van der Waals surface area (Å²) in [6.45, 7) is 0.324. The Kier molecular flexibility index (Phi) is 5.59. The van der Waals surface area contributed by atoms with Crippen LogP contribution in [0, 0.1) is 0 Å². The summed E-state index contributed by atoms with van der Waals surface area (Å²) < 4.78 is 9.07. The van der Waals surface area contributed by atoms with Crippen molar-refractivity contribution in [2.45, 2.75) is 17.5 Å². The average molecular weight is 463 g/mol. The lowest BCUT2D eigenvalue weighted by atomic mass is 10.2. The van der Waals surface area contributed by atoms with E-state index >= 15 is 0 Å². The highest BCUT2D eigenvalue weighted by Crippen LogP contribution is 2.28. The number of para-hydroxylation sites is 2. The molecule has 0 aliphatic carbocycles. The molecule has 5 aromatic rings. The maximum atomic E-state index is 13.4. The summed E-state index contributed by atoms with van der Waals surface area (Å²) in [6, 6.07) is 22.9. The van der Waals surface area contributed by atoms with Gasteiger partial charge in [0.05, 0.1) is 24.6 Å². The molecular formula is C24H19ClN4O2S. The zero-order valence-corrected chi connectivity index (χ0v) is 18.8. The fraction of sp³-hybridized carbons (Fsp3) is 0.125. The van der Waals surface area contributed by atoms with Crippen molar-refractivity contribution in [1.29, 1.82) is 0 Å². The third-order valence-corrected chi connectivity index (χ3v) is 6.66. The molecule has 0 unspecified atom stereocenters. The summed E-state index contributed by atoms with van der Waals surface area (Å²) in [6.07, 6.45) is 0. The fourth-order valence-electron chi connectivity index (χ4n) is 3.73. The highest BCUT2D eigenvalue weighted by atomic mass is 35.5. The number of benzene rings is 3. The van der Waals surface area contributed by atoms with E-state index in [0.717, 1.165) is 22.4 Å². The Morgan fingerprint density at radius 1 is 0.938 bits per heavy atom. The smallest absolute Gasteiger partial charge is 0.263 e. The number of rotatable bonds is 6. The molecule has 3 aromatic carbocycles. The van der Waals surface area contributed by atoms with Crippen LogP contribution in [-0.4, -0.2) is 26.3 Å². The Bertz CT molecular complexity index is 1490. The van der Waals surface area contributed by atoms with Gasteiger partial charge in [-0.1, -0.05) is 71.9 Å². The lowest BCUT2D eigenvalue weighted by molar-refractivity contribution is 0.408. The number of fused-ring (bicyclic) bond motifs is 3. The van der Waals surface area contributed by atoms with Crippen LogP contribution in [0.2, 0.25) is 5.02 Å². The van der Waals surface area contributed by atoms with Crippen LogP contribution >= 0.6 is 23.4 Å². The van der Waals surface area contributed by atoms with Crippen molar-refractivity contribution in [3.63, 3.8) is 0 Å².